The third kappa shape index (κ3) is 18.1. The zero-order valence-corrected chi connectivity index (χ0v) is 65.5. The molecule has 1 aromatic rings. The highest BCUT2D eigenvalue weighted by Crippen LogP contribution is 2.37. The van der Waals surface area contributed by atoms with Crippen molar-refractivity contribution in [1.82, 2.24) is 60.6 Å². The molecule has 2 aliphatic carbocycles. The van der Waals surface area contributed by atoms with E-state index in [0.29, 0.717) is 25.7 Å². The van der Waals surface area contributed by atoms with E-state index in [0.717, 1.165) is 19.6 Å². The molecule has 13 amide bonds. The summed E-state index contributed by atoms with van der Waals surface area (Å²) in [7, 11) is 5.46. The van der Waals surface area contributed by atoms with Gasteiger partial charge in [0.15, 0.2) is 11.3 Å². The smallest absolute Gasteiger partial charge is 0.414 e. The second kappa shape index (κ2) is 35.0. The lowest BCUT2D eigenvalue weighted by molar-refractivity contribution is -0.163. The van der Waals surface area contributed by atoms with Crippen molar-refractivity contribution in [3.63, 3.8) is 0 Å². The van der Waals surface area contributed by atoms with Crippen LogP contribution in [0, 0.1) is 49.4 Å². The van der Waals surface area contributed by atoms with Gasteiger partial charge in [-0.05, 0) is 120 Å². The normalized spacial score (nSPS) is 26.1. The Kier molecular flexibility index (Phi) is 26.5. The first-order valence-corrected chi connectivity index (χ1v) is 37.5. The van der Waals surface area contributed by atoms with E-state index in [1.165, 1.54) is 87.9 Å². The van der Waals surface area contributed by atoms with Crippen LogP contribution >= 0.6 is 0 Å². The van der Waals surface area contributed by atoms with Gasteiger partial charge in [-0.2, -0.15) is 0 Å². The predicted octanol–water partition coefficient (Wildman–Crippen LogP) is 1.92. The minimum atomic E-state index is -2.08. The number of fused-ring (bicyclic) bond motifs is 4. The number of aromatic nitrogens is 1. The largest absolute Gasteiger partial charge is 0.458 e. The van der Waals surface area contributed by atoms with Crippen LogP contribution in [0.2, 0.25) is 0 Å². The first-order valence-electron chi connectivity index (χ1n) is 37.5. The van der Waals surface area contributed by atoms with Crippen LogP contribution in [0.25, 0.3) is 22.6 Å². The highest BCUT2D eigenvalue weighted by atomic mass is 16.7. The van der Waals surface area contributed by atoms with Crippen LogP contribution in [-0.4, -0.2) is 262 Å². The standard InChI is InChI=1S/C76H101N13O22/c1-35(2)53-71(101)87-29-17-19-46(87)69(99)83(13)32-50(92)85(15)60(37(5)6)74(104)109-41(11)55(67(97)78-53)80-65(95)45-26-21-39(9)63-57(45)77-59-52(58(62(94)40(10)64(59)111-63)82-76(106)108-34-107-73(103)44-24-22-43(23-25-44)31-89-48(90)27-28-49(89)91)66(96)81-56-42(12)110-75(105)61(38(7)8)86(16)51(93)33-84(14)70(100)47-20-18-30-88(47)72(102)54(36(3)4)79-68(56)98/h21,26-28,35-38,41-44,46-47,53-56,60-61H,17-20,22-25,29-34H2,1-16H3,(H,78,97)(H,79,98)(H,80,95)(H,81,96)(H,82,106). The van der Waals surface area contributed by atoms with Crippen LogP contribution in [-0.2, 0) is 81.3 Å². The summed E-state index contributed by atoms with van der Waals surface area (Å²) >= 11 is 0. The number of benzene rings is 2. The van der Waals surface area contributed by atoms with Gasteiger partial charge in [0.1, 0.15) is 77.4 Å². The van der Waals surface area contributed by atoms with Crippen molar-refractivity contribution in [2.45, 2.75) is 195 Å². The maximum absolute atomic E-state index is 16.0. The Morgan fingerprint density at radius 1 is 0.595 bits per heavy atom. The number of esters is 3. The Balaban J connectivity index is 1.14. The number of imide groups is 1. The van der Waals surface area contributed by atoms with Gasteiger partial charge in [0, 0.05) is 65.5 Å². The molecule has 111 heavy (non-hydrogen) atoms. The number of aryl methyl sites for hydroxylation is 1. The molecule has 35 heteroatoms. The summed E-state index contributed by atoms with van der Waals surface area (Å²) in [5.41, 5.74) is -4.66. The Labute approximate surface area is 641 Å². The summed E-state index contributed by atoms with van der Waals surface area (Å²) in [6, 6.07) is -8.85. The van der Waals surface area contributed by atoms with E-state index in [2.05, 4.69) is 26.6 Å². The number of likely N-dealkylation sites (N-methyl/N-ethyl adjacent to an activating group) is 4. The van der Waals surface area contributed by atoms with Crippen LogP contribution in [0.5, 0.6) is 0 Å². The molecule has 0 bridgehead atoms. The van der Waals surface area contributed by atoms with E-state index in [9.17, 15) is 57.5 Å². The Morgan fingerprint density at radius 2 is 1.06 bits per heavy atom. The molecule has 6 aliphatic heterocycles. The van der Waals surface area contributed by atoms with Crippen molar-refractivity contribution in [3.8, 4) is 11.5 Å². The van der Waals surface area contributed by atoms with Gasteiger partial charge in [0.25, 0.3) is 23.6 Å². The minimum absolute atomic E-state index is 0.0801. The summed E-state index contributed by atoms with van der Waals surface area (Å²) in [6.07, 6.45) is 0.173. The number of rotatable bonds is 14. The topological polar surface area (TPSA) is 436 Å². The van der Waals surface area contributed by atoms with Crippen molar-refractivity contribution in [2.75, 3.05) is 73.0 Å². The van der Waals surface area contributed by atoms with Crippen molar-refractivity contribution in [3.05, 3.63) is 56.8 Å². The lowest BCUT2D eigenvalue weighted by Crippen LogP contribution is -2.61. The molecule has 0 aromatic heterocycles. The fraction of sp³-hybridized carbons (Fsp3) is 0.605. The van der Waals surface area contributed by atoms with Gasteiger partial charge in [-0.1, -0.05) is 61.5 Å². The molecule has 1 aromatic carbocycles. The highest BCUT2D eigenvalue weighted by molar-refractivity contribution is 6.14. The number of nitrogens with one attached hydrogen (secondary N) is 5. The molecule has 0 spiro atoms. The number of ether oxygens (including phenoxy) is 4. The number of amides is 13. The number of carbonyl (C=O) groups excluding carboxylic acids is 16. The zero-order valence-electron chi connectivity index (χ0n) is 65.5. The molecule has 8 aliphatic rings. The number of hydrogen-bond acceptors (Lipinski definition) is 23. The number of nitrogens with zero attached hydrogens (tertiary/aromatic N) is 8. The molecule has 4 saturated heterocycles. The number of cyclic esters (lactones) is 2. The van der Waals surface area contributed by atoms with Crippen LogP contribution in [0.4, 0.5) is 10.5 Å². The summed E-state index contributed by atoms with van der Waals surface area (Å²) in [5, 5.41) is 12.9. The monoisotopic (exact) mass is 1550 g/mol. The van der Waals surface area contributed by atoms with Gasteiger partial charge in [0.05, 0.1) is 30.1 Å². The SMILES string of the molecule is Cc1c2oc3c(C)ccc(C(=O)NC4C(=O)NC(C(C)C)C(=O)N5CCCC5C(=O)N(C)CC(=O)N(C)C(C(C)C)C(=O)OC4C)c3nc-2c(C(=O)NC2C(=O)NC(C(C)C)C(=O)N3CCCC3C(=O)N(C)CC(=O)N(C)C(C(C)C)C(=O)OC2C)c(NC(=O)OCOC(=O)C2CCC(CN3C(=O)C=CC3=O)CC2)c1=O. The zero-order chi connectivity index (χ0) is 81.8. The fourth-order valence-electron chi connectivity index (χ4n) is 15.2. The van der Waals surface area contributed by atoms with Crippen molar-refractivity contribution in [1.29, 1.82) is 0 Å². The average Bonchev–Trinajstić information content (AvgIpc) is 1.46. The first kappa shape index (κ1) is 84.1. The maximum atomic E-state index is 16.0. The van der Waals surface area contributed by atoms with Crippen molar-refractivity contribution >= 4 is 112 Å². The Bertz CT molecular complexity index is 4280. The lowest BCUT2D eigenvalue weighted by atomic mass is 9.82. The molecule has 10 unspecified atom stereocenters. The number of carbonyl (C=O) groups is 16. The summed E-state index contributed by atoms with van der Waals surface area (Å²) in [6.45, 7) is 16.6. The van der Waals surface area contributed by atoms with Gasteiger partial charge in [-0.3, -0.25) is 77.3 Å². The van der Waals surface area contributed by atoms with Crippen LogP contribution in [0.1, 0.15) is 152 Å². The van der Waals surface area contributed by atoms with Gasteiger partial charge in [-0.25, -0.2) is 19.4 Å². The minimum Gasteiger partial charge on any atom is -0.458 e. The Hall–Kier alpha value is -10.9. The van der Waals surface area contributed by atoms with Crippen molar-refractivity contribution < 1.29 is 100 Å². The average molecular weight is 1550 g/mol. The van der Waals surface area contributed by atoms with E-state index < -0.39 is 244 Å². The van der Waals surface area contributed by atoms with E-state index in [1.807, 2.05) is 0 Å². The molecule has 1 saturated carbocycles. The second-order valence-electron chi connectivity index (χ2n) is 31.0. The molecular formula is C76H101N13O22. The summed E-state index contributed by atoms with van der Waals surface area (Å²) < 4.78 is 29.3. The van der Waals surface area contributed by atoms with Crippen LogP contribution < -0.4 is 32.0 Å². The van der Waals surface area contributed by atoms with Gasteiger partial charge < -0.3 is 74.0 Å². The van der Waals surface area contributed by atoms with E-state index in [1.54, 1.807) is 62.3 Å². The van der Waals surface area contributed by atoms with Gasteiger partial charge in [0.2, 0.25) is 59.5 Å². The predicted molar refractivity (Wildman–Crippen MR) is 393 cm³/mol. The summed E-state index contributed by atoms with van der Waals surface area (Å²) in [4.78, 5) is 257. The third-order valence-electron chi connectivity index (χ3n) is 21.6. The molecule has 35 nitrogen and oxygen atoms in total. The third-order valence-corrected chi connectivity index (χ3v) is 21.6. The Morgan fingerprint density at radius 3 is 1.52 bits per heavy atom. The molecule has 9 rings (SSSR count). The molecule has 5 fully saturated rings. The molecule has 10 atom stereocenters. The van der Waals surface area contributed by atoms with E-state index >= 15 is 24.0 Å². The maximum Gasteiger partial charge on any atom is 0.414 e. The second-order valence-corrected chi connectivity index (χ2v) is 31.0. The quantitative estimate of drug-likeness (QED) is 0.0506. The number of anilines is 1. The van der Waals surface area contributed by atoms with E-state index in [4.69, 9.17) is 28.3 Å². The first-order chi connectivity index (χ1) is 52.2. The van der Waals surface area contributed by atoms with Gasteiger partial charge in [-0.15, -0.1) is 0 Å². The molecule has 602 valence electrons. The lowest BCUT2D eigenvalue weighted by Gasteiger charge is -2.36. The van der Waals surface area contributed by atoms with Crippen molar-refractivity contribution in [2.24, 2.45) is 35.5 Å². The fourth-order valence-corrected chi connectivity index (χ4v) is 15.2. The van der Waals surface area contributed by atoms with Crippen LogP contribution in [0.3, 0.4) is 0 Å². The van der Waals surface area contributed by atoms with E-state index in [-0.39, 0.29) is 67.9 Å². The highest BCUT2D eigenvalue weighted by Gasteiger charge is 2.47. The van der Waals surface area contributed by atoms with Gasteiger partial charge >= 0.3 is 24.0 Å². The summed E-state index contributed by atoms with van der Waals surface area (Å²) in [5.74, 6) is -16.3. The molecule has 0 radical (unpaired) electrons. The van der Waals surface area contributed by atoms with Crippen LogP contribution in [0.15, 0.2) is 33.5 Å². The molecule has 5 N–H and O–H groups in total. The molecular weight excluding hydrogens is 1450 g/mol. The molecule has 6 heterocycles. The number of hydrogen-bond donors (Lipinski definition) is 5.